The number of rotatable bonds is 6. The summed E-state index contributed by atoms with van der Waals surface area (Å²) in [7, 11) is 0. The van der Waals surface area contributed by atoms with E-state index in [1.165, 1.54) is 31.7 Å². The van der Waals surface area contributed by atoms with Gasteiger partial charge in [-0.25, -0.2) is 13.2 Å². The Morgan fingerprint density at radius 3 is 2.76 bits per heavy atom. The summed E-state index contributed by atoms with van der Waals surface area (Å²) >= 11 is 7.03. The van der Waals surface area contributed by atoms with Crippen molar-refractivity contribution < 1.29 is 17.9 Å². The first-order valence-corrected chi connectivity index (χ1v) is 18.5. The molecule has 3 atom stereocenters. The highest BCUT2D eigenvalue weighted by Crippen LogP contribution is 2.47. The lowest BCUT2D eigenvalue weighted by Gasteiger charge is -2.45. The predicted molar refractivity (Wildman–Crippen MR) is 196 cm³/mol. The number of nitrogen functional groups attached to an aromatic ring is 1. The van der Waals surface area contributed by atoms with E-state index in [0.29, 0.717) is 59.4 Å². The second-order valence-electron chi connectivity index (χ2n) is 15.4. The van der Waals surface area contributed by atoms with Crippen LogP contribution in [-0.2, 0) is 0 Å². The molecule has 1 saturated carbocycles. The summed E-state index contributed by atoms with van der Waals surface area (Å²) in [6.45, 7) is 3.11. The van der Waals surface area contributed by atoms with Crippen molar-refractivity contribution >= 4 is 44.8 Å². The van der Waals surface area contributed by atoms with Gasteiger partial charge in [-0.15, -0.1) is 6.42 Å². The Hall–Kier alpha value is -4.04. The molecular weight excluding hydrogens is 673 g/mol. The van der Waals surface area contributed by atoms with Crippen LogP contribution in [-0.4, -0.2) is 64.8 Å². The maximum Gasteiger partial charge on any atom is 0.319 e. The molecule has 0 spiro atoms. The van der Waals surface area contributed by atoms with Crippen LogP contribution < -0.4 is 20.7 Å². The normalized spacial score (nSPS) is 27.2. The van der Waals surface area contributed by atoms with E-state index < -0.39 is 11.6 Å². The molecule has 5 fully saturated rings. The predicted octanol–water partition coefficient (Wildman–Crippen LogP) is 7.92. The SMILES string of the molecule is C#Cc1c(F)ccc2cc(N)cc(-c3c(Cl)cc4c(N5C[C@@H]6CC[C@](C7CCCC7)(C5)N6)nc(OC[C@@]56CCCN5C/C(=C\F)C6)nc4c3F)c12. The smallest absolute Gasteiger partial charge is 0.319 e. The summed E-state index contributed by atoms with van der Waals surface area (Å²) in [6, 6.07) is 8.13. The van der Waals surface area contributed by atoms with Crippen molar-refractivity contribution in [2.45, 2.75) is 74.9 Å². The fraction of sp³-hybridized carbons (Fsp3) is 0.450. The Bertz CT molecular complexity index is 2160. The molecule has 1 aliphatic carbocycles. The number of hydrogen-bond donors (Lipinski definition) is 2. The number of halogens is 4. The van der Waals surface area contributed by atoms with Crippen LogP contribution in [0.5, 0.6) is 6.01 Å². The van der Waals surface area contributed by atoms with Gasteiger partial charge in [-0.05, 0) is 98.2 Å². The number of aromatic nitrogens is 2. The molecule has 5 aliphatic rings. The first-order chi connectivity index (χ1) is 24.7. The van der Waals surface area contributed by atoms with E-state index in [0.717, 1.165) is 44.3 Å². The number of hydrogen-bond acceptors (Lipinski definition) is 7. The van der Waals surface area contributed by atoms with Gasteiger partial charge in [0.15, 0.2) is 5.82 Å². The fourth-order valence-electron chi connectivity index (χ4n) is 10.2. The highest BCUT2D eigenvalue weighted by Gasteiger charge is 2.51. The topological polar surface area (TPSA) is 79.5 Å². The zero-order chi connectivity index (χ0) is 35.1. The van der Waals surface area contributed by atoms with Crippen LogP contribution in [0.4, 0.5) is 24.7 Å². The lowest BCUT2D eigenvalue weighted by atomic mass is 9.80. The lowest BCUT2D eigenvalue weighted by Crippen LogP contribution is -2.62. The molecular formula is C40H40ClF3N6O. The first-order valence-electron chi connectivity index (χ1n) is 18.1. The van der Waals surface area contributed by atoms with E-state index >= 15 is 8.78 Å². The van der Waals surface area contributed by atoms with Crippen molar-refractivity contribution in [1.82, 2.24) is 20.2 Å². The minimum Gasteiger partial charge on any atom is -0.461 e. The maximum absolute atomic E-state index is 17.4. The molecule has 0 unspecified atom stereocenters. The van der Waals surface area contributed by atoms with Crippen LogP contribution in [0.1, 0.15) is 63.4 Å². The summed E-state index contributed by atoms with van der Waals surface area (Å²) in [5, 5.41) is 5.46. The number of nitrogens with one attached hydrogen (secondary N) is 1. The molecule has 3 N–H and O–H groups in total. The van der Waals surface area contributed by atoms with Crippen LogP contribution >= 0.6 is 11.6 Å². The van der Waals surface area contributed by atoms with Gasteiger partial charge in [0, 0.05) is 53.2 Å². The van der Waals surface area contributed by atoms with Crippen LogP contribution in [0.3, 0.4) is 0 Å². The molecule has 11 heteroatoms. The first kappa shape index (κ1) is 32.8. The van der Waals surface area contributed by atoms with Crippen molar-refractivity contribution in [3.05, 3.63) is 64.5 Å². The molecule has 3 aromatic carbocycles. The van der Waals surface area contributed by atoms with Gasteiger partial charge in [0.1, 0.15) is 23.8 Å². The Morgan fingerprint density at radius 1 is 1.12 bits per heavy atom. The van der Waals surface area contributed by atoms with Crippen LogP contribution in [0.25, 0.3) is 32.8 Å². The van der Waals surface area contributed by atoms with Crippen molar-refractivity contribution in [2.75, 3.05) is 43.4 Å². The number of fused-ring (bicyclic) bond motifs is 5. The van der Waals surface area contributed by atoms with Crippen molar-refractivity contribution in [3.8, 4) is 29.5 Å². The summed E-state index contributed by atoms with van der Waals surface area (Å²) in [4.78, 5) is 14.3. The summed E-state index contributed by atoms with van der Waals surface area (Å²) in [6.07, 6.45) is 15.9. The number of benzene rings is 3. The summed E-state index contributed by atoms with van der Waals surface area (Å²) < 4.78 is 52.6. The Morgan fingerprint density at radius 2 is 1.96 bits per heavy atom. The molecule has 9 rings (SSSR count). The van der Waals surface area contributed by atoms with E-state index in [9.17, 15) is 4.39 Å². The number of terminal acetylenes is 1. The lowest BCUT2D eigenvalue weighted by molar-refractivity contribution is 0.108. The molecule has 4 aliphatic heterocycles. The number of nitrogens with zero attached hydrogens (tertiary/aromatic N) is 4. The van der Waals surface area contributed by atoms with E-state index in [1.807, 2.05) is 0 Å². The average Bonchev–Trinajstić information content (AvgIpc) is 3.92. The Balaban J connectivity index is 1.21. The zero-order valence-corrected chi connectivity index (χ0v) is 29.1. The van der Waals surface area contributed by atoms with Gasteiger partial charge in [0.25, 0.3) is 0 Å². The molecule has 5 heterocycles. The van der Waals surface area contributed by atoms with Gasteiger partial charge in [-0.1, -0.05) is 36.4 Å². The van der Waals surface area contributed by atoms with Crippen LogP contribution in [0.15, 0.2) is 42.2 Å². The molecule has 4 aromatic rings. The molecule has 264 valence electrons. The molecule has 0 radical (unpaired) electrons. The monoisotopic (exact) mass is 712 g/mol. The van der Waals surface area contributed by atoms with E-state index in [1.54, 1.807) is 24.3 Å². The van der Waals surface area contributed by atoms with Crippen LogP contribution in [0.2, 0.25) is 5.02 Å². The van der Waals surface area contributed by atoms with Gasteiger partial charge in [0.2, 0.25) is 0 Å². The van der Waals surface area contributed by atoms with Crippen LogP contribution in [0, 0.1) is 29.9 Å². The number of ether oxygens (including phenoxy) is 1. The quantitative estimate of drug-likeness (QED) is 0.155. The highest BCUT2D eigenvalue weighted by molar-refractivity contribution is 6.35. The fourth-order valence-corrected chi connectivity index (χ4v) is 10.5. The Labute approximate surface area is 300 Å². The van der Waals surface area contributed by atoms with Gasteiger partial charge < -0.3 is 20.7 Å². The Kier molecular flexibility index (Phi) is 7.91. The minimum atomic E-state index is -0.696. The van der Waals surface area contributed by atoms with Gasteiger partial charge in [0.05, 0.1) is 22.5 Å². The van der Waals surface area contributed by atoms with Gasteiger partial charge in [-0.3, -0.25) is 4.90 Å². The average molecular weight is 713 g/mol. The molecule has 51 heavy (non-hydrogen) atoms. The minimum absolute atomic E-state index is 0.00222. The largest absolute Gasteiger partial charge is 0.461 e. The van der Waals surface area contributed by atoms with E-state index in [2.05, 4.69) is 21.0 Å². The maximum atomic E-state index is 17.4. The summed E-state index contributed by atoms with van der Waals surface area (Å²) in [5.41, 5.74) is 7.34. The second kappa shape index (κ2) is 12.3. The molecule has 2 bridgehead atoms. The van der Waals surface area contributed by atoms with E-state index in [4.69, 9.17) is 38.5 Å². The molecule has 7 nitrogen and oxygen atoms in total. The highest BCUT2D eigenvalue weighted by atomic mass is 35.5. The molecule has 0 amide bonds. The van der Waals surface area contributed by atoms with Crippen molar-refractivity contribution in [2.24, 2.45) is 5.92 Å². The van der Waals surface area contributed by atoms with Crippen molar-refractivity contribution in [3.63, 3.8) is 0 Å². The second-order valence-corrected chi connectivity index (χ2v) is 15.8. The molecule has 4 saturated heterocycles. The number of anilines is 2. The van der Waals surface area contributed by atoms with Gasteiger partial charge >= 0.3 is 6.01 Å². The molecule has 1 aromatic heterocycles. The third-order valence-corrected chi connectivity index (χ3v) is 12.7. The standard InChI is InChI=1S/C40H40ClF3N6O/c1-2-28-32(43)9-8-24-14-26(45)15-29(33(24)28)34-31(41)16-30-36(35(34)44)46-38(51-22-39-11-5-13-50(39)19-23(17-39)18-42)47-37(30)49-20-27-10-12-40(21-49,48-27)25-6-3-4-7-25/h1,8-9,14-16,18,25,27,48H,3-7,10-13,17,19-22,45H2/b23-18-/t27-,39-,40+/m0/s1. The van der Waals surface area contributed by atoms with Crippen molar-refractivity contribution in [1.29, 1.82) is 0 Å². The number of nitrogens with two attached hydrogens (primary N) is 1. The third kappa shape index (κ3) is 5.26. The zero-order valence-electron chi connectivity index (χ0n) is 28.4. The van der Waals surface area contributed by atoms with E-state index in [-0.39, 0.29) is 57.0 Å². The van der Waals surface area contributed by atoms with Gasteiger partial charge in [-0.2, -0.15) is 9.97 Å². The summed E-state index contributed by atoms with van der Waals surface area (Å²) in [5.74, 6) is 2.28. The number of piperazine rings is 1. The third-order valence-electron chi connectivity index (χ3n) is 12.4.